The molecule has 0 saturated heterocycles. The van der Waals surface area contributed by atoms with Gasteiger partial charge in [-0.05, 0) is 0 Å². The lowest BCUT2D eigenvalue weighted by molar-refractivity contribution is 0.305. The first-order chi connectivity index (χ1) is 7.95. The maximum atomic E-state index is 11.5. The zero-order valence-corrected chi connectivity index (χ0v) is 11.1. The molecule has 1 aromatic rings. The van der Waals surface area contributed by atoms with Gasteiger partial charge in [-0.3, -0.25) is 0 Å². The highest BCUT2D eigenvalue weighted by Crippen LogP contribution is 2.18. The minimum Gasteiger partial charge on any atom is -0.395 e. The molecular weight excluding hydrogens is 262 g/mol. The molecule has 1 rings (SSSR count). The smallest absolute Gasteiger partial charge is 0.302 e. The fraction of sp³-hybridized carbons (Fsp3) is 0.444. The maximum absolute atomic E-state index is 11.5. The summed E-state index contributed by atoms with van der Waals surface area (Å²) in [6.45, 7) is 0.00587. The van der Waals surface area contributed by atoms with Gasteiger partial charge in [0.1, 0.15) is 0 Å². The SMILES string of the molecule is CN(C)S(=O)(=O)Nc1ncc(C#CCCO)s1. The first kappa shape index (κ1) is 13.9. The van der Waals surface area contributed by atoms with E-state index in [0.717, 1.165) is 15.6 Å². The van der Waals surface area contributed by atoms with Crippen LogP contribution >= 0.6 is 11.3 Å². The zero-order chi connectivity index (χ0) is 12.9. The van der Waals surface area contributed by atoms with Crippen molar-refractivity contribution < 1.29 is 13.5 Å². The minimum absolute atomic E-state index is 0.00587. The van der Waals surface area contributed by atoms with Crippen molar-refractivity contribution in [3.8, 4) is 11.8 Å². The number of hydrogen-bond acceptors (Lipinski definition) is 5. The number of nitrogens with one attached hydrogen (secondary N) is 1. The Bertz CT molecular complexity index is 525. The van der Waals surface area contributed by atoms with Gasteiger partial charge in [0.2, 0.25) is 0 Å². The average molecular weight is 275 g/mol. The van der Waals surface area contributed by atoms with Gasteiger partial charge in [0.15, 0.2) is 5.13 Å². The summed E-state index contributed by atoms with van der Waals surface area (Å²) in [5, 5.41) is 8.82. The number of rotatable bonds is 4. The van der Waals surface area contributed by atoms with Crippen molar-refractivity contribution in [2.75, 3.05) is 25.4 Å². The summed E-state index contributed by atoms with van der Waals surface area (Å²) in [6, 6.07) is 0. The molecule has 0 spiro atoms. The third-order valence-corrected chi connectivity index (χ3v) is 4.02. The molecule has 0 aliphatic rings. The van der Waals surface area contributed by atoms with Gasteiger partial charge in [-0.25, -0.2) is 9.71 Å². The first-order valence-corrected chi connectivity index (χ1v) is 6.97. The Hall–Kier alpha value is -1.14. The summed E-state index contributed by atoms with van der Waals surface area (Å²) in [6.07, 6.45) is 1.87. The predicted octanol–water partition coefficient (Wildman–Crippen LogP) is 0.0953. The van der Waals surface area contributed by atoms with Gasteiger partial charge in [-0.15, -0.1) is 0 Å². The van der Waals surface area contributed by atoms with Gasteiger partial charge in [0.05, 0.1) is 17.7 Å². The average Bonchev–Trinajstić information content (AvgIpc) is 2.65. The van der Waals surface area contributed by atoms with Gasteiger partial charge >= 0.3 is 10.2 Å². The van der Waals surface area contributed by atoms with Gasteiger partial charge in [0.25, 0.3) is 0 Å². The molecule has 0 fully saturated rings. The Morgan fingerprint density at radius 3 is 2.88 bits per heavy atom. The Morgan fingerprint density at radius 1 is 1.59 bits per heavy atom. The fourth-order valence-corrected chi connectivity index (χ4v) is 2.27. The highest BCUT2D eigenvalue weighted by molar-refractivity contribution is 7.90. The summed E-state index contributed by atoms with van der Waals surface area (Å²) < 4.78 is 26.3. The van der Waals surface area contributed by atoms with Crippen molar-refractivity contribution in [3.05, 3.63) is 11.1 Å². The third kappa shape index (κ3) is 4.32. The van der Waals surface area contributed by atoms with Crippen LogP contribution in [0.3, 0.4) is 0 Å². The number of anilines is 1. The molecular formula is C9H13N3O3S2. The lowest BCUT2D eigenvalue weighted by Crippen LogP contribution is -2.28. The summed E-state index contributed by atoms with van der Waals surface area (Å²) in [4.78, 5) is 4.55. The molecule has 0 aliphatic carbocycles. The molecule has 94 valence electrons. The molecule has 0 aromatic carbocycles. The van der Waals surface area contributed by atoms with E-state index >= 15 is 0 Å². The molecule has 0 amide bonds. The highest BCUT2D eigenvalue weighted by Gasteiger charge is 2.14. The van der Waals surface area contributed by atoms with Crippen molar-refractivity contribution in [2.24, 2.45) is 0 Å². The van der Waals surface area contributed by atoms with Gasteiger partial charge < -0.3 is 5.11 Å². The molecule has 0 saturated carbocycles. The summed E-state index contributed by atoms with van der Waals surface area (Å²) >= 11 is 1.14. The molecule has 8 heteroatoms. The van der Waals surface area contributed by atoms with Gasteiger partial charge in [-0.1, -0.05) is 23.2 Å². The summed E-state index contributed by atoms with van der Waals surface area (Å²) in [5.74, 6) is 5.51. The topological polar surface area (TPSA) is 82.5 Å². The van der Waals surface area contributed by atoms with Crippen LogP contribution in [-0.2, 0) is 10.2 Å². The van der Waals surface area contributed by atoms with E-state index in [1.54, 1.807) is 0 Å². The van der Waals surface area contributed by atoms with Crippen molar-refractivity contribution in [3.63, 3.8) is 0 Å². The van der Waals surface area contributed by atoms with E-state index in [4.69, 9.17) is 5.11 Å². The molecule has 0 unspecified atom stereocenters. The van der Waals surface area contributed by atoms with Crippen molar-refractivity contribution in [2.45, 2.75) is 6.42 Å². The van der Waals surface area contributed by atoms with E-state index in [1.165, 1.54) is 20.3 Å². The fourth-order valence-electron chi connectivity index (χ4n) is 0.786. The number of thiazole rings is 1. The standard InChI is InChI=1S/C9H13N3O3S2/c1-12(2)17(14,15)11-9-10-7-8(16-9)5-3-4-6-13/h7,13H,4,6H2,1-2H3,(H,10,11). The van der Waals surface area contributed by atoms with E-state index in [1.807, 2.05) is 0 Å². The van der Waals surface area contributed by atoms with Crippen LogP contribution in [0.1, 0.15) is 11.3 Å². The molecule has 6 nitrogen and oxygen atoms in total. The maximum Gasteiger partial charge on any atom is 0.302 e. The second kappa shape index (κ2) is 5.97. The first-order valence-electron chi connectivity index (χ1n) is 4.71. The van der Waals surface area contributed by atoms with Crippen molar-refractivity contribution in [1.29, 1.82) is 0 Å². The minimum atomic E-state index is -3.52. The van der Waals surface area contributed by atoms with Crippen LogP contribution in [0.5, 0.6) is 0 Å². The van der Waals surface area contributed by atoms with E-state index in [2.05, 4.69) is 21.5 Å². The quantitative estimate of drug-likeness (QED) is 0.763. The van der Waals surface area contributed by atoms with E-state index in [-0.39, 0.29) is 11.7 Å². The molecule has 0 radical (unpaired) electrons. The summed E-state index contributed by atoms with van der Waals surface area (Å²) in [5.41, 5.74) is 0. The van der Waals surface area contributed by atoms with Gasteiger partial charge in [-0.2, -0.15) is 12.7 Å². The number of aliphatic hydroxyl groups is 1. The Labute approximate surface area is 104 Å². The largest absolute Gasteiger partial charge is 0.395 e. The Morgan fingerprint density at radius 2 is 2.29 bits per heavy atom. The number of aliphatic hydroxyl groups excluding tert-OH is 1. The number of aromatic nitrogens is 1. The second-order valence-corrected chi connectivity index (χ2v) is 6.11. The Balaban J connectivity index is 2.74. The molecule has 1 aromatic heterocycles. The molecule has 0 bridgehead atoms. The van der Waals surface area contributed by atoms with E-state index in [0.29, 0.717) is 11.3 Å². The molecule has 17 heavy (non-hydrogen) atoms. The van der Waals surface area contributed by atoms with Gasteiger partial charge in [0, 0.05) is 20.5 Å². The highest BCUT2D eigenvalue weighted by atomic mass is 32.2. The van der Waals surface area contributed by atoms with Crippen LogP contribution in [0.2, 0.25) is 0 Å². The lowest BCUT2D eigenvalue weighted by Gasteiger charge is -2.10. The predicted molar refractivity (Wildman–Crippen MR) is 66.9 cm³/mol. The zero-order valence-electron chi connectivity index (χ0n) is 9.47. The lowest BCUT2D eigenvalue weighted by atomic mass is 10.4. The second-order valence-electron chi connectivity index (χ2n) is 3.19. The van der Waals surface area contributed by atoms with Crippen LogP contribution in [-0.4, -0.2) is 43.5 Å². The van der Waals surface area contributed by atoms with Crippen LogP contribution in [0, 0.1) is 11.8 Å². The monoisotopic (exact) mass is 275 g/mol. The van der Waals surface area contributed by atoms with E-state index in [9.17, 15) is 8.42 Å². The third-order valence-electron chi connectivity index (χ3n) is 1.65. The molecule has 1 heterocycles. The summed E-state index contributed by atoms with van der Waals surface area (Å²) in [7, 11) is -0.663. The number of hydrogen-bond donors (Lipinski definition) is 2. The van der Waals surface area contributed by atoms with Crippen LogP contribution < -0.4 is 4.72 Å². The molecule has 0 atom stereocenters. The van der Waals surface area contributed by atoms with Crippen LogP contribution in [0.4, 0.5) is 5.13 Å². The van der Waals surface area contributed by atoms with Crippen LogP contribution in [0.25, 0.3) is 0 Å². The van der Waals surface area contributed by atoms with Crippen LogP contribution in [0.15, 0.2) is 6.20 Å². The number of nitrogens with zero attached hydrogens (tertiary/aromatic N) is 2. The molecule has 2 N–H and O–H groups in total. The Kier molecular flexibility index (Phi) is 4.89. The normalized spacial score (nSPS) is 11.1. The molecule has 0 aliphatic heterocycles. The van der Waals surface area contributed by atoms with Crippen molar-refractivity contribution in [1.82, 2.24) is 9.29 Å². The van der Waals surface area contributed by atoms with Crippen molar-refractivity contribution >= 4 is 26.7 Å². The van der Waals surface area contributed by atoms with E-state index < -0.39 is 10.2 Å².